The van der Waals surface area contributed by atoms with Gasteiger partial charge >= 0.3 is 0 Å². The lowest BCUT2D eigenvalue weighted by molar-refractivity contribution is 0.545. The summed E-state index contributed by atoms with van der Waals surface area (Å²) in [5.74, 6) is 0. The molecule has 1 N–H and O–H groups in total. The molecule has 0 radical (unpaired) electrons. The first-order valence-electron chi connectivity index (χ1n) is 7.07. The van der Waals surface area contributed by atoms with E-state index in [1.807, 2.05) is 0 Å². The van der Waals surface area contributed by atoms with Gasteiger partial charge in [-0.1, -0.05) is 32.4 Å². The van der Waals surface area contributed by atoms with Crippen LogP contribution in [-0.4, -0.2) is 22.4 Å². The fraction of sp³-hybridized carbons (Fsp3) is 0.786. The predicted octanol–water partition coefficient (Wildman–Crippen LogP) is 3.44. The lowest BCUT2D eigenvalue weighted by Gasteiger charge is -2.08. The minimum atomic E-state index is 0.571. The maximum absolute atomic E-state index is 6.37. The Morgan fingerprint density at radius 2 is 2.00 bits per heavy atom. The van der Waals surface area contributed by atoms with Crippen LogP contribution >= 0.6 is 11.6 Å². The normalized spacial score (nSPS) is 11.4. The molecule has 0 atom stereocenters. The quantitative estimate of drug-likeness (QED) is 0.734. The second-order valence-corrected chi connectivity index (χ2v) is 5.32. The molecule has 18 heavy (non-hydrogen) atoms. The average Bonchev–Trinajstić information content (AvgIpc) is 2.65. The van der Waals surface area contributed by atoms with Crippen LogP contribution in [0, 0.1) is 0 Å². The van der Waals surface area contributed by atoms with Crippen molar-refractivity contribution in [2.45, 2.75) is 66.0 Å². The number of nitrogens with zero attached hydrogens (tertiary/aromatic N) is 2. The molecular formula is C14H26ClN3. The Balaban J connectivity index is 2.48. The number of aromatic nitrogens is 2. The van der Waals surface area contributed by atoms with Gasteiger partial charge in [0.1, 0.15) is 0 Å². The summed E-state index contributed by atoms with van der Waals surface area (Å²) in [7, 11) is 0. The highest BCUT2D eigenvalue weighted by atomic mass is 35.5. The van der Waals surface area contributed by atoms with E-state index in [2.05, 4.69) is 42.8 Å². The molecule has 1 heterocycles. The van der Waals surface area contributed by atoms with E-state index in [9.17, 15) is 0 Å². The SMILES string of the molecule is CCc1nn(CC)c(CCCCNC(C)C)c1Cl. The second-order valence-electron chi connectivity index (χ2n) is 4.94. The van der Waals surface area contributed by atoms with Gasteiger partial charge in [-0.05, 0) is 39.2 Å². The van der Waals surface area contributed by atoms with Crippen LogP contribution in [0.2, 0.25) is 5.02 Å². The summed E-state index contributed by atoms with van der Waals surface area (Å²) in [6, 6.07) is 0.571. The highest BCUT2D eigenvalue weighted by Gasteiger charge is 2.13. The van der Waals surface area contributed by atoms with Gasteiger partial charge in [0.25, 0.3) is 0 Å². The van der Waals surface area contributed by atoms with Crippen LogP contribution in [-0.2, 0) is 19.4 Å². The molecule has 0 fully saturated rings. The topological polar surface area (TPSA) is 29.9 Å². The Morgan fingerprint density at radius 1 is 1.28 bits per heavy atom. The Labute approximate surface area is 116 Å². The highest BCUT2D eigenvalue weighted by Crippen LogP contribution is 2.23. The van der Waals surface area contributed by atoms with Gasteiger partial charge in [-0.25, -0.2) is 0 Å². The van der Waals surface area contributed by atoms with Crippen LogP contribution in [0.3, 0.4) is 0 Å². The number of nitrogens with one attached hydrogen (secondary N) is 1. The number of hydrogen-bond acceptors (Lipinski definition) is 2. The second kappa shape index (κ2) is 7.80. The van der Waals surface area contributed by atoms with Gasteiger partial charge in [0, 0.05) is 12.6 Å². The van der Waals surface area contributed by atoms with E-state index in [-0.39, 0.29) is 0 Å². The summed E-state index contributed by atoms with van der Waals surface area (Å²) in [4.78, 5) is 0. The van der Waals surface area contributed by atoms with Gasteiger partial charge in [0.2, 0.25) is 0 Å². The molecule has 0 amide bonds. The predicted molar refractivity (Wildman–Crippen MR) is 78.4 cm³/mol. The van der Waals surface area contributed by atoms with E-state index in [1.165, 1.54) is 12.1 Å². The smallest absolute Gasteiger partial charge is 0.0849 e. The van der Waals surface area contributed by atoms with E-state index >= 15 is 0 Å². The first-order chi connectivity index (χ1) is 8.60. The van der Waals surface area contributed by atoms with E-state index < -0.39 is 0 Å². The lowest BCUT2D eigenvalue weighted by atomic mass is 10.1. The van der Waals surface area contributed by atoms with Crippen molar-refractivity contribution in [3.05, 3.63) is 16.4 Å². The molecule has 0 aliphatic carbocycles. The zero-order valence-electron chi connectivity index (χ0n) is 12.1. The summed E-state index contributed by atoms with van der Waals surface area (Å²) in [6.45, 7) is 10.6. The van der Waals surface area contributed by atoms with Gasteiger partial charge in [0.15, 0.2) is 0 Å². The molecule has 104 valence electrons. The number of rotatable bonds is 8. The van der Waals surface area contributed by atoms with E-state index in [1.54, 1.807) is 0 Å². The third-order valence-electron chi connectivity index (χ3n) is 3.09. The van der Waals surface area contributed by atoms with Crippen molar-refractivity contribution in [1.29, 1.82) is 0 Å². The number of hydrogen-bond donors (Lipinski definition) is 1. The lowest BCUT2D eigenvalue weighted by Crippen LogP contribution is -2.23. The van der Waals surface area contributed by atoms with Crippen molar-refractivity contribution in [2.75, 3.05) is 6.54 Å². The molecule has 1 rings (SSSR count). The Morgan fingerprint density at radius 3 is 2.56 bits per heavy atom. The summed E-state index contributed by atoms with van der Waals surface area (Å²) >= 11 is 6.37. The Hall–Kier alpha value is -0.540. The van der Waals surface area contributed by atoms with Gasteiger partial charge in [0.05, 0.1) is 16.4 Å². The first-order valence-corrected chi connectivity index (χ1v) is 7.45. The largest absolute Gasteiger partial charge is 0.315 e. The van der Waals surface area contributed by atoms with E-state index in [0.29, 0.717) is 6.04 Å². The summed E-state index contributed by atoms with van der Waals surface area (Å²) in [6.07, 6.45) is 4.28. The molecule has 1 aromatic heterocycles. The van der Waals surface area contributed by atoms with Crippen LogP contribution in [0.5, 0.6) is 0 Å². The van der Waals surface area contributed by atoms with Gasteiger partial charge in [-0.15, -0.1) is 0 Å². The molecule has 0 unspecified atom stereocenters. The van der Waals surface area contributed by atoms with Crippen molar-refractivity contribution < 1.29 is 0 Å². The standard InChI is InChI=1S/C14H26ClN3/c1-5-12-14(15)13(18(6-2)17-12)9-7-8-10-16-11(3)4/h11,16H,5-10H2,1-4H3. The van der Waals surface area contributed by atoms with Crippen LogP contribution in [0.1, 0.15) is 51.9 Å². The third kappa shape index (κ3) is 4.29. The van der Waals surface area contributed by atoms with Gasteiger partial charge in [-0.2, -0.15) is 5.10 Å². The van der Waals surface area contributed by atoms with Crippen LogP contribution in [0.25, 0.3) is 0 Å². The molecule has 0 saturated carbocycles. The molecule has 0 saturated heterocycles. The molecule has 0 aliphatic rings. The van der Waals surface area contributed by atoms with Crippen molar-refractivity contribution >= 4 is 11.6 Å². The monoisotopic (exact) mass is 271 g/mol. The fourth-order valence-corrected chi connectivity index (χ4v) is 2.43. The molecule has 0 aliphatic heterocycles. The number of aryl methyl sites for hydroxylation is 2. The van der Waals surface area contributed by atoms with E-state index in [0.717, 1.165) is 43.1 Å². The summed E-state index contributed by atoms with van der Waals surface area (Å²) in [5, 5.41) is 8.86. The average molecular weight is 272 g/mol. The zero-order valence-corrected chi connectivity index (χ0v) is 12.8. The molecule has 0 bridgehead atoms. The van der Waals surface area contributed by atoms with Crippen molar-refractivity contribution in [2.24, 2.45) is 0 Å². The van der Waals surface area contributed by atoms with Crippen LogP contribution in [0.4, 0.5) is 0 Å². The first kappa shape index (κ1) is 15.5. The van der Waals surface area contributed by atoms with Gasteiger partial charge in [-0.3, -0.25) is 4.68 Å². The van der Waals surface area contributed by atoms with Crippen molar-refractivity contribution in [3.63, 3.8) is 0 Å². The van der Waals surface area contributed by atoms with Crippen LogP contribution < -0.4 is 5.32 Å². The number of unbranched alkanes of at least 4 members (excludes halogenated alkanes) is 1. The maximum atomic E-state index is 6.37. The zero-order chi connectivity index (χ0) is 13.5. The van der Waals surface area contributed by atoms with Gasteiger partial charge < -0.3 is 5.32 Å². The Bertz CT molecular complexity index is 358. The minimum absolute atomic E-state index is 0.571. The summed E-state index contributed by atoms with van der Waals surface area (Å²) in [5.41, 5.74) is 2.24. The Kier molecular flexibility index (Phi) is 6.72. The summed E-state index contributed by atoms with van der Waals surface area (Å²) < 4.78 is 2.05. The maximum Gasteiger partial charge on any atom is 0.0849 e. The molecule has 0 spiro atoms. The minimum Gasteiger partial charge on any atom is -0.315 e. The van der Waals surface area contributed by atoms with Crippen molar-refractivity contribution in [3.8, 4) is 0 Å². The molecule has 4 heteroatoms. The third-order valence-corrected chi connectivity index (χ3v) is 3.52. The fourth-order valence-electron chi connectivity index (χ4n) is 2.06. The molecule has 0 aromatic carbocycles. The molecule has 1 aromatic rings. The highest BCUT2D eigenvalue weighted by molar-refractivity contribution is 6.31. The van der Waals surface area contributed by atoms with Crippen LogP contribution in [0.15, 0.2) is 0 Å². The van der Waals surface area contributed by atoms with E-state index in [4.69, 9.17) is 11.6 Å². The molecule has 3 nitrogen and oxygen atoms in total. The van der Waals surface area contributed by atoms with Crippen molar-refractivity contribution in [1.82, 2.24) is 15.1 Å². The number of halogens is 1. The molecular weight excluding hydrogens is 246 g/mol.